The molecule has 1 aromatic carbocycles. The Morgan fingerprint density at radius 2 is 2.00 bits per heavy atom. The van der Waals surface area contributed by atoms with E-state index in [9.17, 15) is 0 Å². The third-order valence-electron chi connectivity index (χ3n) is 3.22. The largest absolute Gasteiger partial charge is 0.324 e. The standard InChI is InChI=1S/C16H14ClN3S/c17-13-9-19-7-6-12(13)14(18)8-16-20-15(10-21-16)11-4-2-1-3-5-11/h1-7,9-10,14H,8,18H2. The maximum Gasteiger partial charge on any atom is 0.0951 e. The van der Waals surface area contributed by atoms with Crippen molar-refractivity contribution in [2.45, 2.75) is 12.5 Å². The predicted octanol–water partition coefficient (Wildman–Crippen LogP) is 4.10. The zero-order chi connectivity index (χ0) is 14.7. The summed E-state index contributed by atoms with van der Waals surface area (Å²) in [6.45, 7) is 0. The molecule has 0 saturated heterocycles. The van der Waals surface area contributed by atoms with Crippen LogP contribution in [0.5, 0.6) is 0 Å². The van der Waals surface area contributed by atoms with Crippen LogP contribution in [-0.4, -0.2) is 9.97 Å². The smallest absolute Gasteiger partial charge is 0.0951 e. The highest BCUT2D eigenvalue weighted by atomic mass is 35.5. The molecule has 0 fully saturated rings. The highest BCUT2D eigenvalue weighted by molar-refractivity contribution is 7.09. The van der Waals surface area contributed by atoms with Crippen LogP contribution in [0.3, 0.4) is 0 Å². The average Bonchev–Trinajstić information content (AvgIpc) is 2.97. The minimum atomic E-state index is -0.171. The van der Waals surface area contributed by atoms with Crippen molar-refractivity contribution in [1.82, 2.24) is 9.97 Å². The van der Waals surface area contributed by atoms with Crippen LogP contribution in [0.15, 0.2) is 54.2 Å². The van der Waals surface area contributed by atoms with Crippen LogP contribution in [0, 0.1) is 0 Å². The summed E-state index contributed by atoms with van der Waals surface area (Å²) in [7, 11) is 0. The molecule has 0 saturated carbocycles. The number of benzene rings is 1. The summed E-state index contributed by atoms with van der Waals surface area (Å²) in [6, 6.07) is 11.8. The lowest BCUT2D eigenvalue weighted by atomic mass is 10.1. The average molecular weight is 316 g/mol. The molecule has 0 radical (unpaired) electrons. The molecule has 1 atom stereocenters. The fraction of sp³-hybridized carbons (Fsp3) is 0.125. The number of nitrogens with two attached hydrogens (primary N) is 1. The topological polar surface area (TPSA) is 51.8 Å². The molecule has 0 aliphatic heterocycles. The van der Waals surface area contributed by atoms with Crippen molar-refractivity contribution in [2.75, 3.05) is 0 Å². The number of pyridine rings is 1. The van der Waals surface area contributed by atoms with E-state index in [2.05, 4.69) is 27.5 Å². The minimum absolute atomic E-state index is 0.171. The van der Waals surface area contributed by atoms with E-state index in [0.717, 1.165) is 21.8 Å². The van der Waals surface area contributed by atoms with Gasteiger partial charge < -0.3 is 5.73 Å². The quantitative estimate of drug-likeness (QED) is 0.788. The van der Waals surface area contributed by atoms with Gasteiger partial charge in [-0.1, -0.05) is 41.9 Å². The van der Waals surface area contributed by atoms with Gasteiger partial charge in [-0.05, 0) is 11.6 Å². The molecular formula is C16H14ClN3S. The van der Waals surface area contributed by atoms with E-state index in [4.69, 9.17) is 17.3 Å². The first-order valence-electron chi connectivity index (χ1n) is 6.59. The number of hydrogen-bond acceptors (Lipinski definition) is 4. The highest BCUT2D eigenvalue weighted by Crippen LogP contribution is 2.26. The molecule has 0 spiro atoms. The van der Waals surface area contributed by atoms with E-state index >= 15 is 0 Å². The Morgan fingerprint density at radius 1 is 1.19 bits per heavy atom. The number of halogens is 1. The molecule has 3 rings (SSSR count). The Bertz CT molecular complexity index is 727. The van der Waals surface area contributed by atoms with Gasteiger partial charge in [0.1, 0.15) is 0 Å². The lowest BCUT2D eigenvalue weighted by Gasteiger charge is -2.11. The Kier molecular flexibility index (Phi) is 4.29. The first-order chi connectivity index (χ1) is 10.2. The summed E-state index contributed by atoms with van der Waals surface area (Å²) in [4.78, 5) is 8.63. The van der Waals surface area contributed by atoms with Crippen LogP contribution in [-0.2, 0) is 6.42 Å². The number of aromatic nitrogens is 2. The third kappa shape index (κ3) is 3.29. The summed E-state index contributed by atoms with van der Waals surface area (Å²) in [6.07, 6.45) is 3.99. The van der Waals surface area contributed by atoms with E-state index in [-0.39, 0.29) is 6.04 Å². The molecule has 3 aromatic rings. The Morgan fingerprint density at radius 3 is 2.76 bits per heavy atom. The van der Waals surface area contributed by atoms with Crippen molar-refractivity contribution in [3.63, 3.8) is 0 Å². The molecule has 2 aromatic heterocycles. The first-order valence-corrected chi connectivity index (χ1v) is 7.84. The minimum Gasteiger partial charge on any atom is -0.324 e. The summed E-state index contributed by atoms with van der Waals surface area (Å²) in [5.41, 5.74) is 9.25. The molecule has 5 heteroatoms. The number of nitrogens with zero attached hydrogens (tertiary/aromatic N) is 2. The molecule has 1 unspecified atom stereocenters. The second-order valence-electron chi connectivity index (χ2n) is 4.70. The van der Waals surface area contributed by atoms with E-state index in [1.54, 1.807) is 23.7 Å². The summed E-state index contributed by atoms with van der Waals surface area (Å²) in [5.74, 6) is 0. The normalized spacial score (nSPS) is 12.3. The maximum atomic E-state index is 6.23. The summed E-state index contributed by atoms with van der Waals surface area (Å²) >= 11 is 7.75. The van der Waals surface area contributed by atoms with Gasteiger partial charge in [-0.25, -0.2) is 4.98 Å². The van der Waals surface area contributed by atoms with Gasteiger partial charge in [0.15, 0.2) is 0 Å². The SMILES string of the molecule is NC(Cc1nc(-c2ccccc2)cs1)c1ccncc1Cl. The van der Waals surface area contributed by atoms with Crippen LogP contribution in [0.2, 0.25) is 5.02 Å². The molecule has 0 aliphatic rings. The molecule has 2 N–H and O–H groups in total. The van der Waals surface area contributed by atoms with Crippen molar-refractivity contribution in [3.8, 4) is 11.3 Å². The van der Waals surface area contributed by atoms with Crippen molar-refractivity contribution in [1.29, 1.82) is 0 Å². The van der Waals surface area contributed by atoms with Gasteiger partial charge in [0.25, 0.3) is 0 Å². The zero-order valence-corrected chi connectivity index (χ0v) is 12.8. The van der Waals surface area contributed by atoms with E-state index in [1.165, 1.54) is 0 Å². The van der Waals surface area contributed by atoms with E-state index in [0.29, 0.717) is 11.4 Å². The van der Waals surface area contributed by atoms with Gasteiger partial charge in [0, 0.05) is 35.8 Å². The van der Waals surface area contributed by atoms with E-state index in [1.807, 2.05) is 24.3 Å². The van der Waals surface area contributed by atoms with Crippen molar-refractivity contribution < 1.29 is 0 Å². The molecule has 0 amide bonds. The van der Waals surface area contributed by atoms with E-state index < -0.39 is 0 Å². The molecule has 106 valence electrons. The summed E-state index contributed by atoms with van der Waals surface area (Å²) < 4.78 is 0. The van der Waals surface area contributed by atoms with Gasteiger partial charge in [0.2, 0.25) is 0 Å². The van der Waals surface area contributed by atoms with Gasteiger partial charge in [-0.3, -0.25) is 4.98 Å². The van der Waals surface area contributed by atoms with Crippen molar-refractivity contribution in [2.24, 2.45) is 5.73 Å². The molecule has 3 nitrogen and oxygen atoms in total. The van der Waals surface area contributed by atoms with Crippen LogP contribution in [0.4, 0.5) is 0 Å². The molecular weight excluding hydrogens is 302 g/mol. The van der Waals surface area contributed by atoms with Gasteiger partial charge in [0.05, 0.1) is 15.7 Å². The van der Waals surface area contributed by atoms with Gasteiger partial charge in [-0.2, -0.15) is 0 Å². The third-order valence-corrected chi connectivity index (χ3v) is 4.41. The number of rotatable bonds is 4. The van der Waals surface area contributed by atoms with Crippen LogP contribution in [0.1, 0.15) is 16.6 Å². The summed E-state index contributed by atoms with van der Waals surface area (Å²) in [5, 5.41) is 3.67. The lowest BCUT2D eigenvalue weighted by Crippen LogP contribution is -2.13. The van der Waals surface area contributed by atoms with Crippen LogP contribution >= 0.6 is 22.9 Å². The fourth-order valence-electron chi connectivity index (χ4n) is 2.13. The lowest BCUT2D eigenvalue weighted by molar-refractivity contribution is 0.717. The van der Waals surface area contributed by atoms with Crippen LogP contribution < -0.4 is 5.73 Å². The zero-order valence-electron chi connectivity index (χ0n) is 11.2. The monoisotopic (exact) mass is 315 g/mol. The molecule has 2 heterocycles. The van der Waals surface area contributed by atoms with Crippen molar-refractivity contribution in [3.05, 3.63) is 69.8 Å². The Labute approximate surface area is 132 Å². The maximum absolute atomic E-state index is 6.23. The number of thiazole rings is 1. The highest BCUT2D eigenvalue weighted by Gasteiger charge is 2.13. The Balaban J connectivity index is 1.77. The molecule has 0 aliphatic carbocycles. The second-order valence-corrected chi connectivity index (χ2v) is 6.05. The first kappa shape index (κ1) is 14.2. The Hall–Kier alpha value is -1.75. The number of hydrogen-bond donors (Lipinski definition) is 1. The fourth-order valence-corrected chi connectivity index (χ4v) is 3.25. The van der Waals surface area contributed by atoms with Gasteiger partial charge in [-0.15, -0.1) is 11.3 Å². The molecule has 0 bridgehead atoms. The van der Waals surface area contributed by atoms with Gasteiger partial charge >= 0.3 is 0 Å². The van der Waals surface area contributed by atoms with Crippen LogP contribution in [0.25, 0.3) is 11.3 Å². The molecule has 21 heavy (non-hydrogen) atoms. The van der Waals surface area contributed by atoms with Crippen molar-refractivity contribution >= 4 is 22.9 Å². The second kappa shape index (κ2) is 6.35. The predicted molar refractivity (Wildman–Crippen MR) is 87.4 cm³/mol.